The lowest BCUT2D eigenvalue weighted by Gasteiger charge is -2.07. The van der Waals surface area contributed by atoms with Crippen molar-refractivity contribution in [3.63, 3.8) is 0 Å². The van der Waals surface area contributed by atoms with Gasteiger partial charge in [-0.25, -0.2) is 13.1 Å². The number of benzene rings is 1. The van der Waals surface area contributed by atoms with E-state index < -0.39 is 10.0 Å². The van der Waals surface area contributed by atoms with E-state index in [0.29, 0.717) is 12.4 Å². The third-order valence-electron chi connectivity index (χ3n) is 2.56. The number of H-pyrrole nitrogens is 1. The summed E-state index contributed by atoms with van der Waals surface area (Å²) in [5.74, 6) is 0.658. The summed E-state index contributed by atoms with van der Waals surface area (Å²) in [4.78, 5) is 3.16. The third kappa shape index (κ3) is 3.59. The maximum absolute atomic E-state index is 12.0. The lowest BCUT2D eigenvalue weighted by molar-refractivity contribution is 0.340. The summed E-state index contributed by atoms with van der Waals surface area (Å²) in [6, 6.07) is 9.99. The third-order valence-corrected chi connectivity index (χ3v) is 3.98. The van der Waals surface area contributed by atoms with Gasteiger partial charge in [-0.2, -0.15) is 0 Å². The number of hydrogen-bond acceptors (Lipinski definition) is 3. The van der Waals surface area contributed by atoms with Crippen LogP contribution in [0.25, 0.3) is 0 Å². The second kappa shape index (κ2) is 5.90. The highest BCUT2D eigenvalue weighted by atomic mass is 32.2. The van der Waals surface area contributed by atoms with Crippen LogP contribution in [-0.4, -0.2) is 20.0 Å². The SMILES string of the molecule is CCOc1ccc(S(=O)(=O)NCc2ccc[nH]2)cc1. The van der Waals surface area contributed by atoms with Gasteiger partial charge in [0, 0.05) is 11.9 Å². The fourth-order valence-corrected chi connectivity index (χ4v) is 2.62. The van der Waals surface area contributed by atoms with Gasteiger partial charge in [0.25, 0.3) is 0 Å². The Morgan fingerprint density at radius 1 is 1.21 bits per heavy atom. The van der Waals surface area contributed by atoms with Crippen molar-refractivity contribution in [1.82, 2.24) is 9.71 Å². The van der Waals surface area contributed by atoms with Gasteiger partial charge in [0.15, 0.2) is 0 Å². The monoisotopic (exact) mass is 280 g/mol. The van der Waals surface area contributed by atoms with E-state index in [1.54, 1.807) is 18.3 Å². The molecule has 0 aliphatic rings. The topological polar surface area (TPSA) is 71.2 Å². The summed E-state index contributed by atoms with van der Waals surface area (Å²) in [5.41, 5.74) is 0.814. The number of hydrogen-bond donors (Lipinski definition) is 2. The molecule has 2 N–H and O–H groups in total. The van der Waals surface area contributed by atoms with Crippen LogP contribution in [0.15, 0.2) is 47.5 Å². The van der Waals surface area contributed by atoms with Crippen molar-refractivity contribution in [1.29, 1.82) is 0 Å². The minimum absolute atomic E-state index is 0.225. The fourth-order valence-electron chi connectivity index (χ4n) is 1.62. The van der Waals surface area contributed by atoms with Gasteiger partial charge in [-0.05, 0) is 43.3 Å². The molecular weight excluding hydrogens is 264 g/mol. The van der Waals surface area contributed by atoms with Crippen LogP contribution in [0.2, 0.25) is 0 Å². The van der Waals surface area contributed by atoms with E-state index in [-0.39, 0.29) is 11.4 Å². The Morgan fingerprint density at radius 2 is 1.95 bits per heavy atom. The first-order valence-corrected chi connectivity index (χ1v) is 7.45. The molecule has 0 radical (unpaired) electrons. The summed E-state index contributed by atoms with van der Waals surface area (Å²) in [6.07, 6.45) is 1.75. The zero-order chi connectivity index (χ0) is 13.7. The second-order valence-corrected chi connectivity index (χ2v) is 5.69. The van der Waals surface area contributed by atoms with Gasteiger partial charge >= 0.3 is 0 Å². The molecule has 5 nitrogen and oxygen atoms in total. The lowest BCUT2D eigenvalue weighted by Crippen LogP contribution is -2.23. The smallest absolute Gasteiger partial charge is 0.240 e. The first-order chi connectivity index (χ1) is 9.12. The Bertz CT molecular complexity index is 604. The molecule has 1 heterocycles. The second-order valence-electron chi connectivity index (χ2n) is 3.92. The molecule has 0 aliphatic heterocycles. The van der Waals surface area contributed by atoms with E-state index in [1.807, 2.05) is 19.1 Å². The van der Waals surface area contributed by atoms with Crippen molar-refractivity contribution in [2.24, 2.45) is 0 Å². The predicted octanol–water partition coefficient (Wildman–Crippen LogP) is 1.89. The predicted molar refractivity (Wildman–Crippen MR) is 72.4 cm³/mol. The molecule has 6 heteroatoms. The lowest BCUT2D eigenvalue weighted by atomic mass is 10.3. The van der Waals surface area contributed by atoms with Crippen molar-refractivity contribution in [3.8, 4) is 5.75 Å². The Kier molecular flexibility index (Phi) is 4.24. The van der Waals surface area contributed by atoms with Crippen LogP contribution in [0, 0.1) is 0 Å². The highest BCUT2D eigenvalue weighted by molar-refractivity contribution is 7.89. The molecule has 0 bridgehead atoms. The fraction of sp³-hybridized carbons (Fsp3) is 0.231. The maximum atomic E-state index is 12.0. The van der Waals surface area contributed by atoms with E-state index >= 15 is 0 Å². The van der Waals surface area contributed by atoms with E-state index in [2.05, 4.69) is 9.71 Å². The molecule has 0 aliphatic carbocycles. The summed E-state index contributed by atoms with van der Waals surface area (Å²) < 4.78 is 31.9. The van der Waals surface area contributed by atoms with E-state index in [0.717, 1.165) is 5.69 Å². The molecule has 0 atom stereocenters. The highest BCUT2D eigenvalue weighted by Gasteiger charge is 2.13. The molecule has 1 aromatic carbocycles. The van der Waals surface area contributed by atoms with Crippen LogP contribution < -0.4 is 9.46 Å². The van der Waals surface area contributed by atoms with Crippen molar-refractivity contribution in [2.45, 2.75) is 18.4 Å². The first-order valence-electron chi connectivity index (χ1n) is 5.96. The van der Waals surface area contributed by atoms with Crippen LogP contribution >= 0.6 is 0 Å². The minimum Gasteiger partial charge on any atom is -0.494 e. The summed E-state index contributed by atoms with van der Waals surface area (Å²) in [7, 11) is -3.49. The van der Waals surface area contributed by atoms with Crippen LogP contribution in [-0.2, 0) is 16.6 Å². The molecule has 0 spiro atoms. The van der Waals surface area contributed by atoms with E-state index in [4.69, 9.17) is 4.74 Å². The number of sulfonamides is 1. The molecule has 19 heavy (non-hydrogen) atoms. The van der Waals surface area contributed by atoms with Gasteiger partial charge < -0.3 is 9.72 Å². The largest absolute Gasteiger partial charge is 0.494 e. The molecule has 102 valence electrons. The van der Waals surface area contributed by atoms with Gasteiger partial charge in [0.1, 0.15) is 5.75 Å². The number of rotatable bonds is 6. The quantitative estimate of drug-likeness (QED) is 0.849. The molecule has 2 rings (SSSR count). The molecule has 0 unspecified atom stereocenters. The Morgan fingerprint density at radius 3 is 2.53 bits per heavy atom. The average Bonchev–Trinajstić information content (AvgIpc) is 2.91. The normalized spacial score (nSPS) is 11.4. The van der Waals surface area contributed by atoms with Gasteiger partial charge in [0.05, 0.1) is 18.0 Å². The zero-order valence-electron chi connectivity index (χ0n) is 10.6. The highest BCUT2D eigenvalue weighted by Crippen LogP contribution is 2.16. The first kappa shape index (κ1) is 13.6. The summed E-state index contributed by atoms with van der Waals surface area (Å²) >= 11 is 0. The number of aromatic nitrogens is 1. The van der Waals surface area contributed by atoms with Crippen LogP contribution in [0.4, 0.5) is 0 Å². The van der Waals surface area contributed by atoms with E-state index in [9.17, 15) is 8.42 Å². The van der Waals surface area contributed by atoms with Crippen LogP contribution in [0.1, 0.15) is 12.6 Å². The Hall–Kier alpha value is -1.79. The molecule has 1 aromatic heterocycles. The van der Waals surface area contributed by atoms with Crippen molar-refractivity contribution < 1.29 is 13.2 Å². The molecule has 0 saturated heterocycles. The van der Waals surface area contributed by atoms with Crippen molar-refractivity contribution in [3.05, 3.63) is 48.3 Å². The van der Waals surface area contributed by atoms with Crippen molar-refractivity contribution in [2.75, 3.05) is 6.61 Å². The van der Waals surface area contributed by atoms with Crippen molar-refractivity contribution >= 4 is 10.0 Å². The van der Waals surface area contributed by atoms with Crippen LogP contribution in [0.3, 0.4) is 0 Å². The van der Waals surface area contributed by atoms with Gasteiger partial charge in [0.2, 0.25) is 10.0 Å². The zero-order valence-corrected chi connectivity index (χ0v) is 11.4. The molecule has 0 fully saturated rings. The van der Waals surface area contributed by atoms with Gasteiger partial charge in [-0.3, -0.25) is 0 Å². The Balaban J connectivity index is 2.06. The van der Waals surface area contributed by atoms with E-state index in [1.165, 1.54) is 12.1 Å². The van der Waals surface area contributed by atoms with Gasteiger partial charge in [-0.15, -0.1) is 0 Å². The average molecular weight is 280 g/mol. The molecular formula is C13H16N2O3S. The molecule has 0 amide bonds. The minimum atomic E-state index is -3.49. The van der Waals surface area contributed by atoms with Gasteiger partial charge in [-0.1, -0.05) is 0 Å². The number of aromatic amines is 1. The summed E-state index contributed by atoms with van der Waals surface area (Å²) in [6.45, 7) is 2.67. The van der Waals surface area contributed by atoms with Crippen LogP contribution in [0.5, 0.6) is 5.75 Å². The Labute approximate surface area is 112 Å². The molecule has 0 saturated carbocycles. The number of nitrogens with one attached hydrogen (secondary N) is 2. The maximum Gasteiger partial charge on any atom is 0.240 e. The standard InChI is InChI=1S/C13H16N2O3S/c1-2-18-12-5-7-13(8-6-12)19(16,17)15-10-11-4-3-9-14-11/h3-9,14-15H,2,10H2,1H3. The summed E-state index contributed by atoms with van der Waals surface area (Å²) in [5, 5.41) is 0. The number of ether oxygens (including phenoxy) is 1. The molecule has 2 aromatic rings.